The highest BCUT2D eigenvalue weighted by Crippen LogP contribution is 2.30. The highest BCUT2D eigenvalue weighted by Gasteiger charge is 2.51. The molecule has 0 aromatic carbocycles. The predicted octanol–water partition coefficient (Wildman–Crippen LogP) is 9.38. The van der Waals surface area contributed by atoms with Gasteiger partial charge in [0.15, 0.2) is 12.6 Å². The first kappa shape index (κ1) is 69.0. The number of aliphatic hydroxyl groups is 8. The number of allylic oxidation sites excluding steroid dienone is 23. The SMILES string of the molecule is CC/C=C\C/C=C\C/C=C\C/C=C\C/C=C\C/C=C\C/C=C\C/C=C\C/C=C\C/C=C\CCCCCCC(=O)NC(COC1OC(CO)C(OC2OC(CO)C(O)C(O)C2O)C(O)C1O)C(O)/C=C/CC/C=C/CCCC. The van der Waals surface area contributed by atoms with Crippen molar-refractivity contribution in [3.8, 4) is 0 Å². The van der Waals surface area contributed by atoms with Crippen LogP contribution in [0.2, 0.25) is 0 Å². The van der Waals surface area contributed by atoms with Crippen LogP contribution < -0.4 is 5.32 Å². The van der Waals surface area contributed by atoms with Crippen molar-refractivity contribution in [3.63, 3.8) is 0 Å². The van der Waals surface area contributed by atoms with E-state index in [9.17, 15) is 45.6 Å². The van der Waals surface area contributed by atoms with E-state index < -0.39 is 86.8 Å². The maximum Gasteiger partial charge on any atom is 0.220 e. The summed E-state index contributed by atoms with van der Waals surface area (Å²) in [6.07, 6.45) is 53.6. The van der Waals surface area contributed by atoms with Crippen molar-refractivity contribution in [2.24, 2.45) is 0 Å². The molecule has 12 unspecified atom stereocenters. The highest BCUT2D eigenvalue weighted by molar-refractivity contribution is 5.76. The zero-order valence-electron chi connectivity index (χ0n) is 46.4. The Labute approximate surface area is 462 Å². The van der Waals surface area contributed by atoms with Gasteiger partial charge in [0.2, 0.25) is 5.91 Å². The first-order valence-corrected chi connectivity index (χ1v) is 28.6. The second-order valence-corrected chi connectivity index (χ2v) is 19.3. The maximum atomic E-state index is 13.2. The molecule has 2 aliphatic heterocycles. The minimum absolute atomic E-state index is 0.232. The van der Waals surface area contributed by atoms with Gasteiger partial charge in [-0.1, -0.05) is 185 Å². The summed E-state index contributed by atoms with van der Waals surface area (Å²) in [5.74, 6) is -0.286. The Hall–Kier alpha value is -4.13. The molecule has 2 fully saturated rings. The largest absolute Gasteiger partial charge is 0.394 e. The van der Waals surface area contributed by atoms with Crippen LogP contribution in [0.15, 0.2) is 146 Å². The van der Waals surface area contributed by atoms with Crippen LogP contribution in [0.1, 0.15) is 149 Å². The summed E-state index contributed by atoms with van der Waals surface area (Å²) in [5.41, 5.74) is 0. The molecule has 0 aromatic rings. The molecular weight excluding hydrogens is 979 g/mol. The van der Waals surface area contributed by atoms with Crippen molar-refractivity contribution in [1.82, 2.24) is 5.32 Å². The molecule has 434 valence electrons. The summed E-state index contributed by atoms with van der Waals surface area (Å²) < 4.78 is 22.6. The highest BCUT2D eigenvalue weighted by atomic mass is 16.7. The van der Waals surface area contributed by atoms with Crippen LogP contribution in [0.25, 0.3) is 0 Å². The molecule has 0 aliphatic carbocycles. The van der Waals surface area contributed by atoms with E-state index >= 15 is 0 Å². The fourth-order valence-electron chi connectivity index (χ4n) is 8.14. The molecule has 0 saturated carbocycles. The fraction of sp³-hybridized carbons (Fsp3) is 0.603. The zero-order valence-corrected chi connectivity index (χ0v) is 46.4. The lowest BCUT2D eigenvalue weighted by Crippen LogP contribution is -2.65. The third-order valence-corrected chi connectivity index (χ3v) is 12.8. The lowest BCUT2D eigenvalue weighted by atomic mass is 9.97. The number of nitrogens with one attached hydrogen (secondary N) is 1. The van der Waals surface area contributed by atoms with Gasteiger partial charge in [-0.2, -0.15) is 0 Å². The number of carbonyl (C=O) groups is 1. The standard InChI is InChI=1S/C63H99NO13/c1-3-5-7-9-11-13-14-15-16-17-18-19-20-21-22-23-24-25-26-27-28-29-30-31-32-33-34-35-36-37-38-39-41-43-45-47-55(68)64-51(52(67)46-44-42-40-12-10-8-6-4-2)50-74-62-60(73)58(71)61(54(49-66)76-62)77-63-59(72)57(70)56(69)53(48-65)75-63/h5,7,10-13,15-16,18-19,21-22,24-25,27-28,30-31,33-34,36-37,44,46,51-54,56-63,65-67,69-73H,3-4,6,8-9,14,17,20,23,26,29,32,35,38-43,45,47-50H2,1-2H3,(H,64,68)/b7-5-,12-10+,13-11-,16-15-,19-18-,22-21-,25-24-,28-27-,31-30-,34-33-,37-36-,46-44+. The average Bonchev–Trinajstić information content (AvgIpc) is 3.44. The Balaban J connectivity index is 1.67. The predicted molar refractivity (Wildman–Crippen MR) is 308 cm³/mol. The van der Waals surface area contributed by atoms with Crippen molar-refractivity contribution in [1.29, 1.82) is 0 Å². The van der Waals surface area contributed by atoms with Gasteiger partial charge in [0, 0.05) is 6.42 Å². The lowest BCUT2D eigenvalue weighted by molar-refractivity contribution is -0.359. The third-order valence-electron chi connectivity index (χ3n) is 12.8. The number of unbranched alkanes of at least 4 members (excludes halogenated alkanes) is 7. The van der Waals surface area contributed by atoms with E-state index in [2.05, 4.69) is 153 Å². The molecule has 12 atom stereocenters. The molecule has 2 heterocycles. The van der Waals surface area contributed by atoms with E-state index in [1.807, 2.05) is 6.08 Å². The van der Waals surface area contributed by atoms with Gasteiger partial charge in [-0.15, -0.1) is 0 Å². The monoisotopic (exact) mass is 1080 g/mol. The molecule has 2 rings (SSSR count). The number of hydrogen-bond donors (Lipinski definition) is 9. The Morgan fingerprint density at radius 3 is 1.42 bits per heavy atom. The second kappa shape index (κ2) is 46.8. The lowest BCUT2D eigenvalue weighted by Gasteiger charge is -2.46. The van der Waals surface area contributed by atoms with Crippen LogP contribution in [0.4, 0.5) is 0 Å². The Kier molecular flexibility index (Phi) is 41.9. The first-order chi connectivity index (χ1) is 37.6. The summed E-state index contributed by atoms with van der Waals surface area (Å²) in [4.78, 5) is 13.2. The summed E-state index contributed by atoms with van der Waals surface area (Å²) >= 11 is 0. The smallest absolute Gasteiger partial charge is 0.220 e. The van der Waals surface area contributed by atoms with E-state index in [1.165, 1.54) is 0 Å². The number of hydrogen-bond acceptors (Lipinski definition) is 13. The third kappa shape index (κ3) is 32.5. The van der Waals surface area contributed by atoms with Crippen molar-refractivity contribution in [2.75, 3.05) is 19.8 Å². The van der Waals surface area contributed by atoms with Crippen LogP contribution in [-0.4, -0.2) is 140 Å². The van der Waals surface area contributed by atoms with Crippen molar-refractivity contribution in [3.05, 3.63) is 146 Å². The molecule has 9 N–H and O–H groups in total. The summed E-state index contributed by atoms with van der Waals surface area (Å²) in [5, 5.41) is 86.6. The molecule has 14 heteroatoms. The van der Waals surface area contributed by atoms with E-state index in [-0.39, 0.29) is 18.9 Å². The molecule has 0 radical (unpaired) electrons. The molecule has 77 heavy (non-hydrogen) atoms. The Bertz CT molecular complexity index is 1840. The van der Waals surface area contributed by atoms with Gasteiger partial charge < -0.3 is 65.1 Å². The molecule has 0 bridgehead atoms. The second-order valence-electron chi connectivity index (χ2n) is 19.3. The van der Waals surface area contributed by atoms with Crippen molar-refractivity contribution in [2.45, 2.75) is 222 Å². The first-order valence-electron chi connectivity index (χ1n) is 28.6. The van der Waals surface area contributed by atoms with Crippen LogP contribution in [0, 0.1) is 0 Å². The van der Waals surface area contributed by atoms with Gasteiger partial charge in [-0.3, -0.25) is 4.79 Å². The van der Waals surface area contributed by atoms with Crippen LogP contribution >= 0.6 is 0 Å². The van der Waals surface area contributed by atoms with Crippen molar-refractivity contribution < 1.29 is 64.6 Å². The molecule has 0 spiro atoms. The molecule has 2 aliphatic rings. The molecular formula is C63H99NO13. The summed E-state index contributed by atoms with van der Waals surface area (Å²) in [6.45, 7) is 2.51. The van der Waals surface area contributed by atoms with Gasteiger partial charge >= 0.3 is 0 Å². The van der Waals surface area contributed by atoms with Gasteiger partial charge in [0.05, 0.1) is 32.0 Å². The maximum absolute atomic E-state index is 13.2. The van der Waals surface area contributed by atoms with Gasteiger partial charge in [0.25, 0.3) is 0 Å². The number of amides is 1. The number of carbonyl (C=O) groups excluding carboxylic acids is 1. The normalized spacial score (nSPS) is 25.8. The van der Waals surface area contributed by atoms with E-state index in [4.69, 9.17) is 18.9 Å². The van der Waals surface area contributed by atoms with E-state index in [0.717, 1.165) is 116 Å². The van der Waals surface area contributed by atoms with Gasteiger partial charge in [-0.05, 0) is 103 Å². The van der Waals surface area contributed by atoms with Crippen LogP contribution in [0.3, 0.4) is 0 Å². The number of aliphatic hydroxyl groups excluding tert-OH is 8. The summed E-state index contributed by atoms with van der Waals surface area (Å²) in [7, 11) is 0. The molecule has 2 saturated heterocycles. The topological polar surface area (TPSA) is 228 Å². The Morgan fingerprint density at radius 2 is 0.909 bits per heavy atom. The van der Waals surface area contributed by atoms with E-state index in [1.54, 1.807) is 6.08 Å². The zero-order chi connectivity index (χ0) is 56.0. The number of ether oxygens (including phenoxy) is 4. The van der Waals surface area contributed by atoms with Crippen molar-refractivity contribution >= 4 is 5.91 Å². The summed E-state index contributed by atoms with van der Waals surface area (Å²) in [6, 6.07) is -0.954. The fourth-order valence-corrected chi connectivity index (χ4v) is 8.14. The van der Waals surface area contributed by atoms with Crippen LogP contribution in [-0.2, 0) is 23.7 Å². The average molecular weight is 1080 g/mol. The Morgan fingerprint density at radius 1 is 0.481 bits per heavy atom. The van der Waals surface area contributed by atoms with Gasteiger partial charge in [0.1, 0.15) is 48.8 Å². The number of rotatable bonds is 42. The molecule has 0 aromatic heterocycles. The van der Waals surface area contributed by atoms with E-state index in [0.29, 0.717) is 12.8 Å². The van der Waals surface area contributed by atoms with Gasteiger partial charge in [-0.25, -0.2) is 0 Å². The van der Waals surface area contributed by atoms with Crippen LogP contribution in [0.5, 0.6) is 0 Å². The minimum atomic E-state index is -1.80. The minimum Gasteiger partial charge on any atom is -0.394 e. The molecule has 1 amide bonds. The quantitative estimate of drug-likeness (QED) is 0.0205. The molecule has 14 nitrogen and oxygen atoms in total.